The molecule has 6 nitrogen and oxygen atoms in total. The summed E-state index contributed by atoms with van der Waals surface area (Å²) in [5.41, 5.74) is 2.44. The minimum Gasteiger partial charge on any atom is -0.492 e. The van der Waals surface area contributed by atoms with Crippen LogP contribution in [0.4, 0.5) is 0 Å². The van der Waals surface area contributed by atoms with Gasteiger partial charge < -0.3 is 19.4 Å². The van der Waals surface area contributed by atoms with Crippen LogP contribution in [0.25, 0.3) is 10.9 Å². The number of hydrogen-bond acceptors (Lipinski definition) is 4. The van der Waals surface area contributed by atoms with Crippen LogP contribution in [0.15, 0.2) is 78.5 Å². The molecule has 2 atom stereocenters. The molecule has 1 amide bonds. The second-order valence-electron chi connectivity index (χ2n) is 8.18. The zero-order valence-corrected chi connectivity index (χ0v) is 19.9. The van der Waals surface area contributed by atoms with Crippen molar-refractivity contribution < 1.29 is 19.1 Å². The minimum absolute atomic E-state index is 0.152. The lowest BCUT2D eigenvalue weighted by Gasteiger charge is -2.20. The maximum atomic E-state index is 13.2. The van der Waals surface area contributed by atoms with Crippen LogP contribution in [0.3, 0.4) is 0 Å². The van der Waals surface area contributed by atoms with E-state index in [1.807, 2.05) is 72.3 Å². The van der Waals surface area contributed by atoms with E-state index in [0.717, 1.165) is 22.2 Å². The van der Waals surface area contributed by atoms with Crippen LogP contribution >= 0.6 is 11.6 Å². The third-order valence-electron chi connectivity index (χ3n) is 5.93. The number of methoxy groups -OCH3 is 1. The lowest BCUT2D eigenvalue weighted by atomic mass is 9.93. The van der Waals surface area contributed by atoms with E-state index in [-0.39, 0.29) is 23.8 Å². The number of ether oxygens (including phenoxy) is 2. The standard InChI is InChI=1S/C27H27ClN2O4/c1-18(19-6-8-21(9-7-19)27(32)33-2)29-26(31)24-5-3-4-20-14-15-30(25(20)24)16-17-34-23-12-10-22(28)11-13-23/h3-8,10-15,18,21H,9,16-17H2,1-2H3,(H,29,31)/t18-,21?/m0/s1. The van der Waals surface area contributed by atoms with Gasteiger partial charge in [0.05, 0.1) is 36.7 Å². The molecular formula is C27H27ClN2O4. The Morgan fingerprint density at radius 1 is 1.18 bits per heavy atom. The topological polar surface area (TPSA) is 69.6 Å². The first kappa shape index (κ1) is 23.6. The van der Waals surface area contributed by atoms with E-state index < -0.39 is 0 Å². The lowest BCUT2D eigenvalue weighted by Crippen LogP contribution is -2.34. The molecule has 0 fully saturated rings. The Bertz CT molecular complexity index is 1240. The number of amides is 1. The molecule has 0 aliphatic heterocycles. The number of hydrogen-bond donors (Lipinski definition) is 1. The third-order valence-corrected chi connectivity index (χ3v) is 6.18. The smallest absolute Gasteiger partial charge is 0.312 e. The SMILES string of the molecule is COC(=O)C1C=CC([C@H](C)NC(=O)c2cccc3ccn(CCOc4ccc(Cl)cc4)c23)=CC1. The molecule has 0 saturated carbocycles. The van der Waals surface area contributed by atoms with Crippen molar-refractivity contribution in [1.82, 2.24) is 9.88 Å². The first-order valence-electron chi connectivity index (χ1n) is 11.2. The number of carbonyl (C=O) groups excluding carboxylic acids is 2. The molecule has 4 rings (SSSR count). The number of rotatable bonds is 8. The fourth-order valence-electron chi connectivity index (χ4n) is 4.07. The number of nitrogens with zero attached hydrogens (tertiary/aromatic N) is 1. The van der Waals surface area contributed by atoms with E-state index >= 15 is 0 Å². The Balaban J connectivity index is 1.44. The number of aromatic nitrogens is 1. The van der Waals surface area contributed by atoms with Crippen molar-refractivity contribution in [3.8, 4) is 5.75 Å². The molecule has 1 aromatic heterocycles. The van der Waals surface area contributed by atoms with E-state index in [1.54, 1.807) is 12.1 Å². The first-order chi connectivity index (χ1) is 16.5. The Labute approximate surface area is 203 Å². The van der Waals surface area contributed by atoms with Crippen molar-refractivity contribution in [2.24, 2.45) is 5.92 Å². The molecule has 1 N–H and O–H groups in total. The summed E-state index contributed by atoms with van der Waals surface area (Å²) in [6, 6.07) is 14.8. The Kier molecular flexibility index (Phi) is 7.38. The fourth-order valence-corrected chi connectivity index (χ4v) is 4.19. The fraction of sp³-hybridized carbons (Fsp3) is 0.259. The molecule has 34 heavy (non-hydrogen) atoms. The number of halogens is 1. The van der Waals surface area contributed by atoms with Gasteiger partial charge in [-0.05, 0) is 55.3 Å². The van der Waals surface area contributed by atoms with Crippen LogP contribution in [0.5, 0.6) is 5.75 Å². The van der Waals surface area contributed by atoms with Gasteiger partial charge in [-0.25, -0.2) is 0 Å². The van der Waals surface area contributed by atoms with E-state index in [9.17, 15) is 9.59 Å². The van der Waals surface area contributed by atoms with Gasteiger partial charge in [-0.15, -0.1) is 0 Å². The van der Waals surface area contributed by atoms with Crippen molar-refractivity contribution in [2.75, 3.05) is 13.7 Å². The van der Waals surface area contributed by atoms with Gasteiger partial charge in [-0.3, -0.25) is 9.59 Å². The average Bonchev–Trinajstić information content (AvgIpc) is 3.28. The summed E-state index contributed by atoms with van der Waals surface area (Å²) in [6.07, 6.45) is 8.22. The predicted octanol–water partition coefficient (Wildman–Crippen LogP) is 5.17. The van der Waals surface area contributed by atoms with Gasteiger partial charge in [-0.1, -0.05) is 42.0 Å². The van der Waals surface area contributed by atoms with Crippen LogP contribution in [0.1, 0.15) is 23.7 Å². The quantitative estimate of drug-likeness (QED) is 0.453. The summed E-state index contributed by atoms with van der Waals surface area (Å²) < 4.78 is 12.7. The van der Waals surface area contributed by atoms with Gasteiger partial charge in [0.25, 0.3) is 5.91 Å². The van der Waals surface area contributed by atoms with Gasteiger partial charge in [0.15, 0.2) is 0 Å². The maximum absolute atomic E-state index is 13.2. The molecule has 1 aliphatic rings. The van der Waals surface area contributed by atoms with Crippen molar-refractivity contribution in [1.29, 1.82) is 0 Å². The molecule has 176 valence electrons. The van der Waals surface area contributed by atoms with Gasteiger partial charge in [-0.2, -0.15) is 0 Å². The summed E-state index contributed by atoms with van der Waals surface area (Å²) in [5.74, 6) is 0.0662. The molecule has 7 heteroatoms. The van der Waals surface area contributed by atoms with Crippen LogP contribution in [0.2, 0.25) is 5.02 Å². The number of para-hydroxylation sites is 1. The van der Waals surface area contributed by atoms with Crippen LogP contribution in [-0.4, -0.2) is 36.2 Å². The summed E-state index contributed by atoms with van der Waals surface area (Å²) >= 11 is 5.93. The average molecular weight is 479 g/mol. The number of benzene rings is 2. The van der Waals surface area contributed by atoms with Gasteiger partial charge >= 0.3 is 5.97 Å². The second-order valence-corrected chi connectivity index (χ2v) is 8.62. The molecule has 1 aliphatic carbocycles. The third kappa shape index (κ3) is 5.34. The number of fused-ring (bicyclic) bond motifs is 1. The van der Waals surface area contributed by atoms with Crippen molar-refractivity contribution in [3.63, 3.8) is 0 Å². The highest BCUT2D eigenvalue weighted by atomic mass is 35.5. The highest BCUT2D eigenvalue weighted by Crippen LogP contribution is 2.23. The Hall–Kier alpha value is -3.51. The van der Waals surface area contributed by atoms with Crippen LogP contribution < -0.4 is 10.1 Å². The number of allylic oxidation sites excluding steroid dienone is 1. The molecule has 0 spiro atoms. The maximum Gasteiger partial charge on any atom is 0.312 e. The number of carbonyl (C=O) groups is 2. The lowest BCUT2D eigenvalue weighted by molar-refractivity contribution is -0.143. The summed E-state index contributed by atoms with van der Waals surface area (Å²) in [7, 11) is 1.39. The molecule has 1 unspecified atom stereocenters. The molecule has 0 bridgehead atoms. The second kappa shape index (κ2) is 10.6. The molecule has 3 aromatic rings. The summed E-state index contributed by atoms with van der Waals surface area (Å²) in [4.78, 5) is 24.9. The zero-order valence-electron chi connectivity index (χ0n) is 19.2. The largest absolute Gasteiger partial charge is 0.492 e. The van der Waals surface area contributed by atoms with E-state index in [4.69, 9.17) is 21.1 Å². The summed E-state index contributed by atoms with van der Waals surface area (Å²) in [5, 5.41) is 4.74. The van der Waals surface area contributed by atoms with E-state index in [1.165, 1.54) is 7.11 Å². The summed E-state index contributed by atoms with van der Waals surface area (Å²) in [6.45, 7) is 2.98. The highest BCUT2D eigenvalue weighted by Gasteiger charge is 2.21. The molecule has 0 radical (unpaired) electrons. The monoisotopic (exact) mass is 478 g/mol. The Morgan fingerprint density at radius 3 is 2.68 bits per heavy atom. The highest BCUT2D eigenvalue weighted by molar-refractivity contribution is 6.30. The predicted molar refractivity (Wildman–Crippen MR) is 133 cm³/mol. The number of esters is 1. The number of nitrogens with one attached hydrogen (secondary N) is 1. The van der Waals surface area contributed by atoms with E-state index in [2.05, 4.69) is 5.32 Å². The van der Waals surface area contributed by atoms with Crippen LogP contribution in [0, 0.1) is 5.92 Å². The van der Waals surface area contributed by atoms with Crippen LogP contribution in [-0.2, 0) is 16.1 Å². The molecule has 1 heterocycles. The van der Waals surface area contributed by atoms with Gasteiger partial charge in [0.2, 0.25) is 0 Å². The van der Waals surface area contributed by atoms with Crippen molar-refractivity contribution >= 4 is 34.4 Å². The Morgan fingerprint density at radius 2 is 1.97 bits per heavy atom. The van der Waals surface area contributed by atoms with Gasteiger partial charge in [0, 0.05) is 16.6 Å². The molecule has 2 aromatic carbocycles. The van der Waals surface area contributed by atoms with Crippen molar-refractivity contribution in [2.45, 2.75) is 25.9 Å². The normalized spacial score (nSPS) is 16.1. The van der Waals surface area contributed by atoms with Gasteiger partial charge in [0.1, 0.15) is 12.4 Å². The van der Waals surface area contributed by atoms with Crippen molar-refractivity contribution in [3.05, 3.63) is 89.1 Å². The minimum atomic E-state index is -0.274. The zero-order chi connectivity index (χ0) is 24.1. The van der Waals surface area contributed by atoms with E-state index in [0.29, 0.717) is 30.2 Å². The molecular weight excluding hydrogens is 452 g/mol. The first-order valence-corrected chi connectivity index (χ1v) is 11.6. The molecule has 0 saturated heterocycles.